The smallest absolute Gasteiger partial charge is 0.400 e. The Morgan fingerprint density at radius 2 is 1.83 bits per heavy atom. The quantitative estimate of drug-likeness (QED) is 0.630. The first kappa shape index (κ1) is 18.8. The van der Waals surface area contributed by atoms with Crippen LogP contribution in [-0.4, -0.2) is 31.9 Å². The largest absolute Gasteiger partial charge is 0.491 e. The van der Waals surface area contributed by atoms with Gasteiger partial charge in [0.05, 0.1) is 11.2 Å². The highest BCUT2D eigenvalue weighted by Crippen LogP contribution is 2.38. The van der Waals surface area contributed by atoms with Crippen molar-refractivity contribution in [3.05, 3.63) is 39.8 Å². The highest BCUT2D eigenvalue weighted by molar-refractivity contribution is 6.56. The lowest BCUT2D eigenvalue weighted by molar-refractivity contribution is 0.00578. The van der Waals surface area contributed by atoms with Gasteiger partial charge >= 0.3 is 7.12 Å². The van der Waals surface area contributed by atoms with Gasteiger partial charge in [0.2, 0.25) is 0 Å². The summed E-state index contributed by atoms with van der Waals surface area (Å²) in [4.78, 5) is 0. The van der Waals surface area contributed by atoms with Crippen LogP contribution in [0.25, 0.3) is 6.08 Å². The van der Waals surface area contributed by atoms with Crippen LogP contribution in [0.4, 0.5) is 0 Å². The lowest BCUT2D eigenvalue weighted by atomic mass is 9.77. The molecule has 1 aromatic carbocycles. The van der Waals surface area contributed by atoms with E-state index in [1.807, 2.05) is 25.2 Å². The Kier molecular flexibility index (Phi) is 5.86. The van der Waals surface area contributed by atoms with Gasteiger partial charge in [0.1, 0.15) is 0 Å². The van der Waals surface area contributed by atoms with Gasteiger partial charge in [-0.25, -0.2) is 0 Å². The molecule has 1 fully saturated rings. The van der Waals surface area contributed by atoms with Crippen molar-refractivity contribution < 1.29 is 9.31 Å². The van der Waals surface area contributed by atoms with E-state index in [4.69, 9.17) is 32.5 Å². The van der Waals surface area contributed by atoms with Crippen molar-refractivity contribution in [3.63, 3.8) is 0 Å². The van der Waals surface area contributed by atoms with Crippen molar-refractivity contribution in [2.24, 2.45) is 0 Å². The minimum Gasteiger partial charge on any atom is -0.400 e. The van der Waals surface area contributed by atoms with E-state index in [0.29, 0.717) is 17.4 Å². The lowest BCUT2D eigenvalue weighted by Gasteiger charge is -2.32. The molecule has 1 aliphatic heterocycles. The number of rotatable bonds is 5. The van der Waals surface area contributed by atoms with Crippen molar-refractivity contribution in [2.45, 2.75) is 44.8 Å². The normalized spacial score (nSPS) is 20.1. The first-order valence-electron chi connectivity index (χ1n) is 7.75. The van der Waals surface area contributed by atoms with Crippen LogP contribution in [0, 0.1) is 0 Å². The van der Waals surface area contributed by atoms with E-state index < -0.39 is 0 Å². The summed E-state index contributed by atoms with van der Waals surface area (Å²) in [5.41, 5.74) is 2.27. The molecule has 0 amide bonds. The molecule has 0 atom stereocenters. The lowest BCUT2D eigenvalue weighted by Crippen LogP contribution is -2.41. The number of benzene rings is 1. The van der Waals surface area contributed by atoms with Crippen LogP contribution in [0.5, 0.6) is 0 Å². The number of likely N-dealkylation sites (N-methyl/N-ethyl adjacent to an activating group) is 1. The van der Waals surface area contributed by atoms with Crippen molar-refractivity contribution in [1.29, 1.82) is 0 Å². The fraction of sp³-hybridized carbons (Fsp3) is 0.529. The molecular weight excluding hydrogens is 332 g/mol. The summed E-state index contributed by atoms with van der Waals surface area (Å²) < 4.78 is 12.3. The topological polar surface area (TPSA) is 30.5 Å². The molecule has 2 rings (SSSR count). The van der Waals surface area contributed by atoms with E-state index in [1.54, 1.807) is 0 Å². The van der Waals surface area contributed by atoms with Crippen LogP contribution in [-0.2, 0) is 15.2 Å². The van der Waals surface area contributed by atoms with Crippen LogP contribution in [0.15, 0.2) is 23.7 Å². The van der Waals surface area contributed by atoms with Crippen LogP contribution in [0.3, 0.4) is 0 Å². The summed E-state index contributed by atoms with van der Waals surface area (Å²) in [5.74, 6) is 0.387. The van der Waals surface area contributed by atoms with Crippen LogP contribution < -0.4 is 5.32 Å². The summed E-state index contributed by atoms with van der Waals surface area (Å²) in [7, 11) is 1.54. The first-order valence-corrected chi connectivity index (χ1v) is 8.66. The Hall–Kier alpha value is -0.515. The Labute approximate surface area is 149 Å². The summed E-state index contributed by atoms with van der Waals surface area (Å²) in [5, 5.41) is 3.86. The van der Waals surface area contributed by atoms with E-state index in [-0.39, 0.29) is 18.3 Å². The van der Waals surface area contributed by atoms with Gasteiger partial charge in [-0.2, -0.15) is 0 Å². The predicted molar refractivity (Wildman–Crippen MR) is 99.0 cm³/mol. The number of hydrogen-bond acceptors (Lipinski definition) is 3. The maximum atomic E-state index is 6.15. The minimum atomic E-state index is -0.373. The Bertz CT molecular complexity index is 586. The monoisotopic (exact) mass is 355 g/mol. The highest BCUT2D eigenvalue weighted by Gasteiger charge is 2.52. The van der Waals surface area contributed by atoms with Crippen molar-refractivity contribution in [1.82, 2.24) is 5.32 Å². The van der Waals surface area contributed by atoms with E-state index in [2.05, 4.69) is 39.1 Å². The molecule has 126 valence electrons. The molecule has 1 aromatic rings. The molecule has 1 aliphatic rings. The molecule has 3 nitrogen and oxygen atoms in total. The zero-order valence-electron chi connectivity index (χ0n) is 14.4. The number of halogens is 2. The predicted octanol–water partition coefficient (Wildman–Crippen LogP) is 4.31. The Balaban J connectivity index is 2.32. The zero-order valence-corrected chi connectivity index (χ0v) is 15.9. The van der Waals surface area contributed by atoms with Gasteiger partial charge in [-0.3, -0.25) is 0 Å². The second-order valence-corrected chi connectivity index (χ2v) is 7.50. The molecule has 1 saturated heterocycles. The van der Waals surface area contributed by atoms with E-state index in [0.717, 1.165) is 16.6 Å². The van der Waals surface area contributed by atoms with Crippen molar-refractivity contribution >= 4 is 36.4 Å². The molecule has 23 heavy (non-hydrogen) atoms. The number of nitrogens with one attached hydrogen (secondary N) is 1. The Morgan fingerprint density at radius 3 is 2.35 bits per heavy atom. The summed E-state index contributed by atoms with van der Waals surface area (Å²) in [6, 6.07) is 5.84. The third kappa shape index (κ3) is 4.12. The van der Waals surface area contributed by atoms with Gasteiger partial charge in [0.25, 0.3) is 0 Å². The van der Waals surface area contributed by atoms with Crippen molar-refractivity contribution in [3.8, 4) is 0 Å². The summed E-state index contributed by atoms with van der Waals surface area (Å²) in [6.07, 6.45) is 2.07. The van der Waals surface area contributed by atoms with Gasteiger partial charge in [-0.05, 0) is 63.5 Å². The van der Waals surface area contributed by atoms with Crippen LogP contribution >= 0.6 is 23.2 Å². The summed E-state index contributed by atoms with van der Waals surface area (Å²) in [6.45, 7) is 8.89. The maximum Gasteiger partial charge on any atom is 0.491 e. The fourth-order valence-corrected chi connectivity index (χ4v) is 2.88. The minimum absolute atomic E-state index is 0.355. The molecule has 0 aromatic heterocycles. The number of alkyl halides is 1. The molecule has 0 unspecified atom stereocenters. The standard InChI is InChI=1S/C17H24BCl2NO2/c1-16(2)17(3,4)23-18(22-16)14(11-21-5)9-12-6-7-15(20)13(8-12)10-19/h6-9,21H,10-11H2,1-5H3. The van der Waals surface area contributed by atoms with Gasteiger partial charge < -0.3 is 14.6 Å². The first-order chi connectivity index (χ1) is 10.7. The molecule has 6 heteroatoms. The molecule has 1 heterocycles. The van der Waals surface area contributed by atoms with Gasteiger partial charge in [0, 0.05) is 17.4 Å². The average Bonchev–Trinajstić information content (AvgIpc) is 2.69. The molecular formula is C17H24BCl2NO2. The van der Waals surface area contributed by atoms with E-state index in [1.165, 1.54) is 0 Å². The second kappa shape index (κ2) is 7.16. The average molecular weight is 356 g/mol. The molecule has 1 N–H and O–H groups in total. The maximum absolute atomic E-state index is 6.15. The van der Waals surface area contributed by atoms with Crippen LogP contribution in [0.1, 0.15) is 38.8 Å². The SMILES string of the molecule is CNCC(=Cc1ccc(Cl)c(CCl)c1)B1OC(C)(C)C(C)(C)O1. The van der Waals surface area contributed by atoms with E-state index >= 15 is 0 Å². The zero-order chi connectivity index (χ0) is 17.3. The van der Waals surface area contributed by atoms with Gasteiger partial charge in [-0.15, -0.1) is 11.6 Å². The summed E-state index contributed by atoms with van der Waals surface area (Å²) >= 11 is 12.1. The molecule has 0 bridgehead atoms. The third-order valence-corrected chi connectivity index (χ3v) is 5.16. The van der Waals surface area contributed by atoms with Gasteiger partial charge in [-0.1, -0.05) is 23.7 Å². The molecule has 0 radical (unpaired) electrons. The number of hydrogen-bond donors (Lipinski definition) is 1. The van der Waals surface area contributed by atoms with E-state index in [9.17, 15) is 0 Å². The highest BCUT2D eigenvalue weighted by atomic mass is 35.5. The second-order valence-electron chi connectivity index (χ2n) is 6.82. The van der Waals surface area contributed by atoms with Gasteiger partial charge in [0.15, 0.2) is 0 Å². The molecule has 0 saturated carbocycles. The fourth-order valence-electron chi connectivity index (χ4n) is 2.40. The third-order valence-electron chi connectivity index (χ3n) is 4.50. The van der Waals surface area contributed by atoms with Crippen molar-refractivity contribution in [2.75, 3.05) is 13.6 Å². The molecule has 0 aliphatic carbocycles. The molecule has 0 spiro atoms. The van der Waals surface area contributed by atoms with Crippen LogP contribution in [0.2, 0.25) is 5.02 Å². The Morgan fingerprint density at radius 1 is 1.22 bits per heavy atom.